The highest BCUT2D eigenvalue weighted by molar-refractivity contribution is 6.04. The monoisotopic (exact) mass is 445 g/mol. The number of nitrogens with zero attached hydrogens (tertiary/aromatic N) is 2. The van der Waals surface area contributed by atoms with Crippen LogP contribution in [-0.4, -0.2) is 48.9 Å². The highest BCUT2D eigenvalue weighted by Gasteiger charge is 2.37. The van der Waals surface area contributed by atoms with E-state index in [4.69, 9.17) is 0 Å². The van der Waals surface area contributed by atoms with Crippen molar-refractivity contribution in [2.45, 2.75) is 18.9 Å². The maximum absolute atomic E-state index is 13.0. The molecule has 0 radical (unpaired) electrons. The summed E-state index contributed by atoms with van der Waals surface area (Å²) < 4.78 is 77.9. The molecule has 2 aromatic carbocycles. The van der Waals surface area contributed by atoms with Crippen LogP contribution in [0.4, 0.5) is 32.0 Å². The second-order valence-electron chi connectivity index (χ2n) is 7.53. The van der Waals surface area contributed by atoms with Gasteiger partial charge in [0.25, 0.3) is 5.91 Å². The maximum atomic E-state index is 13.0. The molecule has 1 aliphatic rings. The van der Waals surface area contributed by atoms with E-state index in [9.17, 15) is 31.1 Å². The van der Waals surface area contributed by atoms with Crippen molar-refractivity contribution in [2.75, 3.05) is 38.5 Å². The summed E-state index contributed by atoms with van der Waals surface area (Å²) in [4.78, 5) is 16.8. The number of nitrogens with one attached hydrogen (secondary N) is 1. The molecule has 1 heterocycles. The normalized spacial score (nSPS) is 16.4. The van der Waals surface area contributed by atoms with Crippen molar-refractivity contribution < 1.29 is 31.1 Å². The van der Waals surface area contributed by atoms with Gasteiger partial charge in [0.2, 0.25) is 0 Å². The van der Waals surface area contributed by atoms with Gasteiger partial charge in [-0.25, -0.2) is 0 Å². The van der Waals surface area contributed by atoms with Gasteiger partial charge in [0.1, 0.15) is 0 Å². The summed E-state index contributed by atoms with van der Waals surface area (Å²) in [7, 11) is 2.05. The Labute approximate surface area is 175 Å². The molecule has 2 aromatic rings. The number of rotatable bonds is 4. The molecule has 0 saturated carbocycles. The Morgan fingerprint density at radius 2 is 1.39 bits per heavy atom. The first-order chi connectivity index (χ1) is 14.4. The highest BCUT2D eigenvalue weighted by Crippen LogP contribution is 2.36. The Morgan fingerprint density at radius 1 is 0.871 bits per heavy atom. The van der Waals surface area contributed by atoms with Gasteiger partial charge in [-0.1, -0.05) is 12.1 Å². The molecule has 0 bridgehead atoms. The zero-order valence-electron chi connectivity index (χ0n) is 16.6. The largest absolute Gasteiger partial charge is 0.416 e. The lowest BCUT2D eigenvalue weighted by Crippen LogP contribution is -2.43. The number of halogens is 6. The number of anilines is 1. The average molecular weight is 445 g/mol. The Kier molecular flexibility index (Phi) is 6.61. The Morgan fingerprint density at radius 3 is 1.87 bits per heavy atom. The Bertz CT molecular complexity index is 884. The van der Waals surface area contributed by atoms with E-state index in [0.29, 0.717) is 18.7 Å². The number of carbonyl (C=O) groups is 1. The van der Waals surface area contributed by atoms with Crippen LogP contribution in [0.3, 0.4) is 0 Å². The van der Waals surface area contributed by atoms with Gasteiger partial charge in [0.15, 0.2) is 0 Å². The highest BCUT2D eigenvalue weighted by atomic mass is 19.4. The smallest absolute Gasteiger partial charge is 0.322 e. The predicted molar refractivity (Wildman–Crippen MR) is 104 cm³/mol. The van der Waals surface area contributed by atoms with Gasteiger partial charge in [-0.3, -0.25) is 9.69 Å². The first kappa shape index (κ1) is 23.1. The van der Waals surface area contributed by atoms with Crippen molar-refractivity contribution in [2.24, 2.45) is 0 Å². The van der Waals surface area contributed by atoms with Crippen LogP contribution in [0.1, 0.15) is 27.0 Å². The molecule has 0 unspecified atom stereocenters. The fraction of sp³-hybridized carbons (Fsp3) is 0.381. The summed E-state index contributed by atoms with van der Waals surface area (Å²) in [5.74, 6) is -1.05. The molecule has 4 nitrogen and oxygen atoms in total. The topological polar surface area (TPSA) is 35.6 Å². The number of hydrogen-bond donors (Lipinski definition) is 1. The first-order valence-electron chi connectivity index (χ1n) is 9.52. The van der Waals surface area contributed by atoms with Crippen LogP contribution in [0.2, 0.25) is 0 Å². The predicted octanol–water partition coefficient (Wildman–Crippen LogP) is 4.72. The van der Waals surface area contributed by atoms with Gasteiger partial charge < -0.3 is 10.2 Å². The van der Waals surface area contributed by atoms with Gasteiger partial charge >= 0.3 is 12.4 Å². The summed E-state index contributed by atoms with van der Waals surface area (Å²) in [5.41, 5.74) is -2.52. The van der Waals surface area contributed by atoms with Gasteiger partial charge in [-0.2, -0.15) is 26.3 Å². The molecular formula is C21H21F6N3O. The third kappa shape index (κ3) is 6.20. The van der Waals surface area contributed by atoms with Crippen molar-refractivity contribution >= 4 is 11.6 Å². The summed E-state index contributed by atoms with van der Waals surface area (Å²) in [6.07, 6.45) is -10.0. The van der Waals surface area contributed by atoms with E-state index in [1.807, 2.05) is 0 Å². The lowest BCUT2D eigenvalue weighted by molar-refractivity contribution is -0.143. The molecule has 31 heavy (non-hydrogen) atoms. The molecule has 1 saturated heterocycles. The molecule has 0 spiro atoms. The second-order valence-corrected chi connectivity index (χ2v) is 7.53. The van der Waals surface area contributed by atoms with Crippen LogP contribution in [0.5, 0.6) is 0 Å². The molecule has 0 atom stereocenters. The molecule has 1 N–H and O–H groups in total. The van der Waals surface area contributed by atoms with Crippen molar-refractivity contribution in [3.63, 3.8) is 0 Å². The molecule has 10 heteroatoms. The first-order valence-corrected chi connectivity index (χ1v) is 9.52. The minimum absolute atomic E-state index is 0.00999. The summed E-state index contributed by atoms with van der Waals surface area (Å²) in [5, 5.41) is 2.36. The maximum Gasteiger partial charge on any atom is 0.416 e. The molecule has 0 aliphatic carbocycles. The number of piperazine rings is 1. The zero-order chi connectivity index (χ0) is 22.8. The average Bonchev–Trinajstić information content (AvgIpc) is 2.69. The molecule has 1 amide bonds. The van der Waals surface area contributed by atoms with E-state index in [1.165, 1.54) is 0 Å². The third-order valence-electron chi connectivity index (χ3n) is 5.06. The molecular weight excluding hydrogens is 424 g/mol. The number of alkyl halides is 6. The minimum atomic E-state index is -5.01. The summed E-state index contributed by atoms with van der Waals surface area (Å²) >= 11 is 0. The molecule has 0 aromatic heterocycles. The molecule has 168 valence electrons. The van der Waals surface area contributed by atoms with Crippen LogP contribution in [0.15, 0.2) is 42.5 Å². The Balaban J connectivity index is 1.72. The van der Waals surface area contributed by atoms with Crippen LogP contribution < -0.4 is 5.32 Å². The second kappa shape index (κ2) is 8.88. The Hall–Kier alpha value is -2.59. The fourth-order valence-electron chi connectivity index (χ4n) is 3.25. The third-order valence-corrected chi connectivity index (χ3v) is 5.06. The summed E-state index contributed by atoms with van der Waals surface area (Å²) in [6, 6.07) is 7.48. The van der Waals surface area contributed by atoms with Gasteiger partial charge in [0.05, 0.1) is 11.1 Å². The van der Waals surface area contributed by atoms with Gasteiger partial charge in [0, 0.05) is 44.0 Å². The van der Waals surface area contributed by atoms with Gasteiger partial charge in [-0.05, 0) is 42.9 Å². The van der Waals surface area contributed by atoms with Crippen LogP contribution in [-0.2, 0) is 18.9 Å². The van der Waals surface area contributed by atoms with E-state index < -0.39 is 35.0 Å². The van der Waals surface area contributed by atoms with Crippen LogP contribution in [0, 0.1) is 0 Å². The van der Waals surface area contributed by atoms with Gasteiger partial charge in [-0.15, -0.1) is 0 Å². The number of amides is 1. The molecule has 3 rings (SSSR count). The SMILES string of the molecule is CN1CCN(Cc2ccc(NC(=O)c3cc(C(F)(F)F)cc(C(F)(F)F)c3)cc2)CC1. The molecule has 1 aliphatic heterocycles. The van der Waals surface area contributed by atoms with Crippen molar-refractivity contribution in [1.29, 1.82) is 0 Å². The number of hydrogen-bond acceptors (Lipinski definition) is 3. The lowest BCUT2D eigenvalue weighted by Gasteiger charge is -2.32. The van der Waals surface area contributed by atoms with Crippen LogP contribution >= 0.6 is 0 Å². The lowest BCUT2D eigenvalue weighted by atomic mass is 10.0. The number of likely N-dealkylation sites (N-methyl/N-ethyl adjacent to an activating group) is 1. The van der Waals surface area contributed by atoms with Crippen molar-refractivity contribution in [3.05, 3.63) is 64.7 Å². The van der Waals surface area contributed by atoms with Crippen LogP contribution in [0.25, 0.3) is 0 Å². The van der Waals surface area contributed by atoms with Crippen molar-refractivity contribution in [1.82, 2.24) is 9.80 Å². The number of benzene rings is 2. The minimum Gasteiger partial charge on any atom is -0.322 e. The standard InChI is InChI=1S/C21H21F6N3O/c1-29-6-8-30(9-7-29)13-14-2-4-18(5-3-14)28-19(31)15-10-16(20(22,23)24)12-17(11-15)21(25,26)27/h2-5,10-12H,6-9,13H2,1H3,(H,28,31). The van der Waals surface area contributed by atoms with E-state index in [2.05, 4.69) is 22.2 Å². The van der Waals surface area contributed by atoms with E-state index in [0.717, 1.165) is 31.7 Å². The van der Waals surface area contributed by atoms with E-state index in [-0.39, 0.29) is 11.8 Å². The van der Waals surface area contributed by atoms with E-state index >= 15 is 0 Å². The zero-order valence-corrected chi connectivity index (χ0v) is 16.6. The molecule has 1 fully saturated rings. The van der Waals surface area contributed by atoms with E-state index in [1.54, 1.807) is 24.3 Å². The number of carbonyl (C=O) groups excluding carboxylic acids is 1. The quantitative estimate of drug-likeness (QED) is 0.692. The fourth-order valence-corrected chi connectivity index (χ4v) is 3.25. The van der Waals surface area contributed by atoms with Crippen molar-refractivity contribution in [3.8, 4) is 0 Å². The summed E-state index contributed by atoms with van der Waals surface area (Å²) in [6.45, 7) is 4.48.